The summed E-state index contributed by atoms with van der Waals surface area (Å²) in [5.41, 5.74) is 0.503. The Labute approximate surface area is 136 Å². The zero-order valence-electron chi connectivity index (χ0n) is 11.9. The van der Waals surface area contributed by atoms with E-state index < -0.39 is 5.97 Å². The highest BCUT2D eigenvalue weighted by atomic mass is 79.9. The van der Waals surface area contributed by atoms with Gasteiger partial charge >= 0.3 is 5.97 Å². The van der Waals surface area contributed by atoms with Gasteiger partial charge < -0.3 is 15.2 Å². The first-order valence-corrected chi connectivity index (χ1v) is 8.38. The highest BCUT2D eigenvalue weighted by Crippen LogP contribution is 2.22. The van der Waals surface area contributed by atoms with Gasteiger partial charge in [0.15, 0.2) is 0 Å². The van der Waals surface area contributed by atoms with Crippen molar-refractivity contribution in [2.75, 3.05) is 18.1 Å². The molecule has 1 amide bonds. The van der Waals surface area contributed by atoms with Crippen LogP contribution < -0.4 is 10.1 Å². The summed E-state index contributed by atoms with van der Waals surface area (Å²) in [7, 11) is 0. The fourth-order valence-electron chi connectivity index (χ4n) is 1.53. The van der Waals surface area contributed by atoms with Crippen LogP contribution in [0.4, 0.5) is 0 Å². The molecular formula is C14H18BrNO4S. The van der Waals surface area contributed by atoms with Gasteiger partial charge in [-0.05, 0) is 32.0 Å². The maximum atomic E-state index is 12.0. The molecule has 5 nitrogen and oxygen atoms in total. The maximum Gasteiger partial charge on any atom is 0.313 e. The Hall–Kier alpha value is -1.21. The molecule has 116 valence electrons. The van der Waals surface area contributed by atoms with E-state index in [0.717, 1.165) is 4.47 Å². The van der Waals surface area contributed by atoms with Crippen molar-refractivity contribution < 1.29 is 19.4 Å². The topological polar surface area (TPSA) is 75.6 Å². The molecule has 2 N–H and O–H groups in total. The van der Waals surface area contributed by atoms with Crippen LogP contribution in [-0.4, -0.2) is 41.1 Å². The highest BCUT2D eigenvalue weighted by molar-refractivity contribution is 9.10. The van der Waals surface area contributed by atoms with E-state index in [1.807, 2.05) is 13.8 Å². The van der Waals surface area contributed by atoms with E-state index in [9.17, 15) is 9.59 Å². The molecule has 0 fully saturated rings. The Bertz CT molecular complexity index is 508. The van der Waals surface area contributed by atoms with Gasteiger partial charge in [-0.1, -0.05) is 15.9 Å². The molecule has 0 aliphatic carbocycles. The number of thioether (sulfide) groups is 1. The number of carboxylic acid groups (broad SMARTS) is 1. The lowest BCUT2D eigenvalue weighted by molar-refractivity contribution is -0.133. The molecule has 0 spiro atoms. The summed E-state index contributed by atoms with van der Waals surface area (Å²) in [6.07, 6.45) is 0.0302. The third kappa shape index (κ3) is 7.38. The van der Waals surface area contributed by atoms with Gasteiger partial charge in [-0.2, -0.15) is 0 Å². The van der Waals surface area contributed by atoms with E-state index in [4.69, 9.17) is 9.84 Å². The SMILES string of the molecule is CC(C)Oc1cc(Br)cc(C(=O)NCCSCC(=O)O)c1. The number of carbonyl (C=O) groups is 2. The van der Waals surface area contributed by atoms with Gasteiger partial charge in [0, 0.05) is 22.3 Å². The average Bonchev–Trinajstić information content (AvgIpc) is 2.36. The number of nitrogens with one attached hydrogen (secondary N) is 1. The number of hydrogen-bond donors (Lipinski definition) is 2. The summed E-state index contributed by atoms with van der Waals surface area (Å²) >= 11 is 4.62. The van der Waals surface area contributed by atoms with E-state index in [1.54, 1.807) is 18.2 Å². The van der Waals surface area contributed by atoms with Crippen molar-refractivity contribution in [3.8, 4) is 5.75 Å². The molecule has 0 atom stereocenters. The van der Waals surface area contributed by atoms with E-state index in [-0.39, 0.29) is 17.8 Å². The summed E-state index contributed by atoms with van der Waals surface area (Å²) in [5, 5.41) is 11.3. The summed E-state index contributed by atoms with van der Waals surface area (Å²) < 4.78 is 6.35. The zero-order chi connectivity index (χ0) is 15.8. The first kappa shape index (κ1) is 17.8. The predicted octanol–water partition coefficient (Wildman–Crippen LogP) is 2.78. The van der Waals surface area contributed by atoms with Crippen LogP contribution in [0.5, 0.6) is 5.75 Å². The highest BCUT2D eigenvalue weighted by Gasteiger charge is 2.09. The third-order valence-electron chi connectivity index (χ3n) is 2.26. The van der Waals surface area contributed by atoms with E-state index >= 15 is 0 Å². The zero-order valence-corrected chi connectivity index (χ0v) is 14.3. The first-order valence-electron chi connectivity index (χ1n) is 6.43. The van der Waals surface area contributed by atoms with Crippen LogP contribution in [0.3, 0.4) is 0 Å². The summed E-state index contributed by atoms with van der Waals surface area (Å²) in [6, 6.07) is 5.21. The molecule has 0 unspecified atom stereocenters. The van der Waals surface area contributed by atoms with E-state index in [0.29, 0.717) is 23.6 Å². The number of rotatable bonds is 8. The smallest absolute Gasteiger partial charge is 0.313 e. The van der Waals surface area contributed by atoms with Crippen molar-refractivity contribution in [2.24, 2.45) is 0 Å². The Morgan fingerprint density at radius 3 is 2.71 bits per heavy atom. The molecule has 1 aromatic carbocycles. The van der Waals surface area contributed by atoms with Crippen molar-refractivity contribution in [3.05, 3.63) is 28.2 Å². The van der Waals surface area contributed by atoms with Crippen LogP contribution in [0.25, 0.3) is 0 Å². The molecular weight excluding hydrogens is 358 g/mol. The normalized spacial score (nSPS) is 10.5. The molecule has 1 aromatic rings. The molecule has 7 heteroatoms. The van der Waals surface area contributed by atoms with Crippen LogP contribution in [-0.2, 0) is 4.79 Å². The first-order chi connectivity index (χ1) is 9.88. The van der Waals surface area contributed by atoms with Crippen LogP contribution in [0.2, 0.25) is 0 Å². The minimum atomic E-state index is -0.853. The Morgan fingerprint density at radius 1 is 1.38 bits per heavy atom. The average molecular weight is 376 g/mol. The lowest BCUT2D eigenvalue weighted by Gasteiger charge is -2.12. The van der Waals surface area contributed by atoms with Crippen molar-refractivity contribution in [3.63, 3.8) is 0 Å². The summed E-state index contributed by atoms with van der Waals surface area (Å²) in [5.74, 6) is 0.167. The fourth-order valence-corrected chi connectivity index (χ4v) is 2.57. The number of carboxylic acids is 1. The van der Waals surface area contributed by atoms with Crippen molar-refractivity contribution in [2.45, 2.75) is 20.0 Å². The van der Waals surface area contributed by atoms with Gasteiger partial charge in [0.25, 0.3) is 5.91 Å². The Balaban J connectivity index is 2.53. The second kappa shape index (κ2) is 8.94. The lowest BCUT2D eigenvalue weighted by atomic mass is 10.2. The molecule has 21 heavy (non-hydrogen) atoms. The number of ether oxygens (including phenoxy) is 1. The summed E-state index contributed by atoms with van der Waals surface area (Å²) in [6.45, 7) is 4.25. The van der Waals surface area contributed by atoms with Crippen LogP contribution in [0, 0.1) is 0 Å². The molecule has 0 radical (unpaired) electrons. The van der Waals surface area contributed by atoms with Gasteiger partial charge in [-0.25, -0.2) is 0 Å². The van der Waals surface area contributed by atoms with Gasteiger partial charge in [-0.15, -0.1) is 11.8 Å². The molecule has 0 saturated heterocycles. The van der Waals surface area contributed by atoms with Crippen LogP contribution >= 0.6 is 27.7 Å². The molecule has 0 aliphatic heterocycles. The second-order valence-corrected chi connectivity index (χ2v) is 6.57. The number of aliphatic carboxylic acids is 1. The molecule has 0 heterocycles. The number of carbonyl (C=O) groups excluding carboxylic acids is 1. The second-order valence-electron chi connectivity index (χ2n) is 4.54. The standard InChI is InChI=1S/C14H18BrNO4S/c1-9(2)20-12-6-10(5-11(15)7-12)14(19)16-3-4-21-8-13(17)18/h5-7,9H,3-4,8H2,1-2H3,(H,16,19)(H,17,18). The number of amides is 1. The van der Waals surface area contributed by atoms with Gasteiger partial charge in [-0.3, -0.25) is 9.59 Å². The van der Waals surface area contributed by atoms with Crippen molar-refractivity contribution in [1.29, 1.82) is 0 Å². The van der Waals surface area contributed by atoms with E-state index in [2.05, 4.69) is 21.2 Å². The summed E-state index contributed by atoms with van der Waals surface area (Å²) in [4.78, 5) is 22.4. The van der Waals surface area contributed by atoms with Crippen LogP contribution in [0.1, 0.15) is 24.2 Å². The van der Waals surface area contributed by atoms with Crippen molar-refractivity contribution in [1.82, 2.24) is 5.32 Å². The third-order valence-corrected chi connectivity index (χ3v) is 3.66. The molecule has 0 aromatic heterocycles. The number of benzene rings is 1. The maximum absolute atomic E-state index is 12.0. The lowest BCUT2D eigenvalue weighted by Crippen LogP contribution is -2.26. The fraction of sp³-hybridized carbons (Fsp3) is 0.429. The Kier molecular flexibility index (Phi) is 7.60. The predicted molar refractivity (Wildman–Crippen MR) is 87.2 cm³/mol. The van der Waals surface area contributed by atoms with Crippen LogP contribution in [0.15, 0.2) is 22.7 Å². The van der Waals surface area contributed by atoms with Crippen molar-refractivity contribution >= 4 is 39.6 Å². The van der Waals surface area contributed by atoms with E-state index in [1.165, 1.54) is 11.8 Å². The minimum absolute atomic E-state index is 0.0302. The largest absolute Gasteiger partial charge is 0.491 e. The molecule has 0 saturated carbocycles. The quantitative estimate of drug-likeness (QED) is 0.683. The molecule has 0 bridgehead atoms. The monoisotopic (exact) mass is 375 g/mol. The molecule has 0 aliphatic rings. The van der Waals surface area contributed by atoms with Gasteiger partial charge in [0.2, 0.25) is 0 Å². The van der Waals surface area contributed by atoms with Gasteiger partial charge in [0.1, 0.15) is 5.75 Å². The van der Waals surface area contributed by atoms with Gasteiger partial charge in [0.05, 0.1) is 11.9 Å². The number of hydrogen-bond acceptors (Lipinski definition) is 4. The molecule has 1 rings (SSSR count). The Morgan fingerprint density at radius 2 is 2.10 bits per heavy atom. The number of halogens is 1. The minimum Gasteiger partial charge on any atom is -0.491 e.